The number of carbonyl (C=O) groups is 3. The van der Waals surface area contributed by atoms with Crippen LogP contribution < -0.4 is 10.6 Å². The number of fused-ring (bicyclic) bond motifs is 2. The maximum absolute atomic E-state index is 12.9. The number of urea groups is 1. The van der Waals surface area contributed by atoms with E-state index in [9.17, 15) is 14.4 Å². The number of rotatable bonds is 4. The Bertz CT molecular complexity index is 690. The van der Waals surface area contributed by atoms with Gasteiger partial charge in [-0.1, -0.05) is 0 Å². The number of nitrogens with one attached hydrogen (secondary N) is 2. The lowest BCUT2D eigenvalue weighted by atomic mass is 9.82. The van der Waals surface area contributed by atoms with Crippen LogP contribution in [-0.2, 0) is 9.53 Å². The summed E-state index contributed by atoms with van der Waals surface area (Å²) in [6, 6.07) is 7.05. The molecule has 2 fully saturated rings. The summed E-state index contributed by atoms with van der Waals surface area (Å²) in [5.74, 6) is -0.386. The van der Waals surface area contributed by atoms with Crippen LogP contribution in [-0.4, -0.2) is 47.5 Å². The van der Waals surface area contributed by atoms with Crippen molar-refractivity contribution < 1.29 is 19.1 Å². The molecule has 0 aromatic heterocycles. The van der Waals surface area contributed by atoms with Gasteiger partial charge in [0.25, 0.3) is 0 Å². The fraction of sp³-hybridized carbons (Fsp3) is 0.550. The monoisotopic (exact) mass is 373 g/mol. The largest absolute Gasteiger partial charge is 0.462 e. The fourth-order valence-corrected chi connectivity index (χ4v) is 4.21. The van der Waals surface area contributed by atoms with E-state index in [1.807, 2.05) is 4.90 Å². The first-order valence-corrected chi connectivity index (χ1v) is 9.61. The molecule has 0 aliphatic carbocycles. The first kappa shape index (κ1) is 19.2. The van der Waals surface area contributed by atoms with Gasteiger partial charge in [0, 0.05) is 30.7 Å². The molecule has 0 spiro atoms. The van der Waals surface area contributed by atoms with E-state index in [-0.39, 0.29) is 36.0 Å². The molecule has 2 heterocycles. The molecule has 146 valence electrons. The molecule has 2 atom stereocenters. The topological polar surface area (TPSA) is 87.7 Å². The Labute approximate surface area is 159 Å². The number of amides is 3. The minimum atomic E-state index is -0.370. The standard InChI is InChI=1S/C20H27N3O4/c1-3-27-19(25)14-7-9-15(10-8-14)22-20(26)23-17-5-4-6-18(23)12-16(11-17)21-13(2)24/h7-10,16-18H,3-6,11-12H2,1-2H3,(H,21,24)(H,22,26)/t17-,18-/m1/s1. The molecule has 3 amide bonds. The number of ether oxygens (including phenoxy) is 1. The van der Waals surface area contributed by atoms with Crippen molar-refractivity contribution in [3.05, 3.63) is 29.8 Å². The summed E-state index contributed by atoms with van der Waals surface area (Å²) in [7, 11) is 0. The lowest BCUT2D eigenvalue weighted by Crippen LogP contribution is -2.59. The van der Waals surface area contributed by atoms with E-state index in [1.165, 1.54) is 6.92 Å². The van der Waals surface area contributed by atoms with Crippen LogP contribution in [0.2, 0.25) is 0 Å². The van der Waals surface area contributed by atoms with Crippen molar-refractivity contribution >= 4 is 23.6 Å². The Morgan fingerprint density at radius 2 is 1.74 bits per heavy atom. The van der Waals surface area contributed by atoms with Gasteiger partial charge in [0.2, 0.25) is 5.91 Å². The van der Waals surface area contributed by atoms with E-state index in [1.54, 1.807) is 31.2 Å². The van der Waals surface area contributed by atoms with Crippen LogP contribution in [0.3, 0.4) is 0 Å². The third-order valence-corrected chi connectivity index (χ3v) is 5.26. The summed E-state index contributed by atoms with van der Waals surface area (Å²) < 4.78 is 4.97. The summed E-state index contributed by atoms with van der Waals surface area (Å²) >= 11 is 0. The molecule has 3 rings (SSSR count). The second-order valence-corrected chi connectivity index (χ2v) is 7.24. The van der Waals surface area contributed by atoms with Crippen molar-refractivity contribution in [3.8, 4) is 0 Å². The third kappa shape index (κ3) is 4.59. The summed E-state index contributed by atoms with van der Waals surface area (Å²) in [6.07, 6.45) is 4.63. The highest BCUT2D eigenvalue weighted by Crippen LogP contribution is 2.34. The van der Waals surface area contributed by atoms with Crippen molar-refractivity contribution in [3.63, 3.8) is 0 Å². The summed E-state index contributed by atoms with van der Waals surface area (Å²) in [5, 5.41) is 5.95. The van der Waals surface area contributed by atoms with Crippen LogP contribution in [0.25, 0.3) is 0 Å². The Hall–Kier alpha value is -2.57. The van der Waals surface area contributed by atoms with Crippen LogP contribution in [0.1, 0.15) is 56.3 Å². The summed E-state index contributed by atoms with van der Waals surface area (Å²) in [4.78, 5) is 37.9. The van der Waals surface area contributed by atoms with Crippen molar-refractivity contribution in [2.75, 3.05) is 11.9 Å². The van der Waals surface area contributed by atoms with Gasteiger partial charge in [0.1, 0.15) is 0 Å². The van der Waals surface area contributed by atoms with Gasteiger partial charge in [-0.25, -0.2) is 9.59 Å². The molecule has 0 unspecified atom stereocenters. The molecule has 2 saturated heterocycles. The van der Waals surface area contributed by atoms with Gasteiger partial charge in [-0.15, -0.1) is 0 Å². The smallest absolute Gasteiger partial charge is 0.338 e. The number of anilines is 1. The fourth-order valence-electron chi connectivity index (χ4n) is 4.21. The zero-order chi connectivity index (χ0) is 19.4. The van der Waals surface area contributed by atoms with Crippen molar-refractivity contribution in [2.45, 2.75) is 64.1 Å². The second-order valence-electron chi connectivity index (χ2n) is 7.24. The van der Waals surface area contributed by atoms with E-state index >= 15 is 0 Å². The Balaban J connectivity index is 1.64. The molecular weight excluding hydrogens is 346 g/mol. The highest BCUT2D eigenvalue weighted by Gasteiger charge is 2.41. The molecule has 2 aliphatic heterocycles. The summed E-state index contributed by atoms with van der Waals surface area (Å²) in [6.45, 7) is 3.63. The molecule has 1 aromatic rings. The van der Waals surface area contributed by atoms with E-state index in [2.05, 4.69) is 10.6 Å². The molecule has 2 bridgehead atoms. The molecule has 1 aromatic carbocycles. The van der Waals surface area contributed by atoms with Gasteiger partial charge in [-0.05, 0) is 63.3 Å². The lowest BCUT2D eigenvalue weighted by molar-refractivity contribution is -0.120. The molecule has 0 saturated carbocycles. The highest BCUT2D eigenvalue weighted by atomic mass is 16.5. The molecule has 0 radical (unpaired) electrons. The quantitative estimate of drug-likeness (QED) is 0.795. The maximum atomic E-state index is 12.9. The number of nitrogens with zero attached hydrogens (tertiary/aromatic N) is 1. The average Bonchev–Trinajstić information content (AvgIpc) is 2.61. The van der Waals surface area contributed by atoms with Crippen LogP contribution in [0.4, 0.5) is 10.5 Å². The normalized spacial score (nSPS) is 24.1. The lowest BCUT2D eigenvalue weighted by Gasteiger charge is -2.48. The number of hydrogen-bond acceptors (Lipinski definition) is 4. The molecule has 2 aliphatic rings. The highest BCUT2D eigenvalue weighted by molar-refractivity contribution is 5.92. The number of benzene rings is 1. The average molecular weight is 373 g/mol. The zero-order valence-corrected chi connectivity index (χ0v) is 15.9. The summed E-state index contributed by atoms with van der Waals surface area (Å²) in [5.41, 5.74) is 1.11. The van der Waals surface area contributed by atoms with Crippen molar-refractivity contribution in [1.82, 2.24) is 10.2 Å². The molecule has 7 heteroatoms. The Morgan fingerprint density at radius 3 is 2.30 bits per heavy atom. The first-order chi connectivity index (χ1) is 13.0. The maximum Gasteiger partial charge on any atom is 0.338 e. The van der Waals surface area contributed by atoms with Crippen molar-refractivity contribution in [2.24, 2.45) is 0 Å². The van der Waals surface area contributed by atoms with Crippen LogP contribution in [0.15, 0.2) is 24.3 Å². The van der Waals surface area contributed by atoms with E-state index in [0.29, 0.717) is 17.9 Å². The van der Waals surface area contributed by atoms with E-state index in [4.69, 9.17) is 4.74 Å². The molecule has 7 nitrogen and oxygen atoms in total. The first-order valence-electron chi connectivity index (χ1n) is 9.61. The van der Waals surface area contributed by atoms with Gasteiger partial charge in [-0.2, -0.15) is 0 Å². The predicted octanol–water partition coefficient (Wildman–Crippen LogP) is 2.92. The molecular formula is C20H27N3O4. The second kappa shape index (κ2) is 8.41. The van der Waals surface area contributed by atoms with Crippen LogP contribution >= 0.6 is 0 Å². The third-order valence-electron chi connectivity index (χ3n) is 5.26. The van der Waals surface area contributed by atoms with E-state index in [0.717, 1.165) is 32.1 Å². The minimum absolute atomic E-state index is 0.0161. The van der Waals surface area contributed by atoms with E-state index < -0.39 is 0 Å². The van der Waals surface area contributed by atoms with Gasteiger partial charge < -0.3 is 20.3 Å². The molecule has 27 heavy (non-hydrogen) atoms. The number of hydrogen-bond donors (Lipinski definition) is 2. The molecule has 2 N–H and O–H groups in total. The van der Waals surface area contributed by atoms with Crippen LogP contribution in [0, 0.1) is 0 Å². The minimum Gasteiger partial charge on any atom is -0.462 e. The zero-order valence-electron chi connectivity index (χ0n) is 15.9. The van der Waals surface area contributed by atoms with Gasteiger partial charge in [-0.3, -0.25) is 4.79 Å². The van der Waals surface area contributed by atoms with Gasteiger partial charge in [0.15, 0.2) is 0 Å². The van der Waals surface area contributed by atoms with Gasteiger partial charge >= 0.3 is 12.0 Å². The Kier molecular flexibility index (Phi) is 5.98. The SMILES string of the molecule is CCOC(=O)c1ccc(NC(=O)N2[C@@H]3CCC[C@@H]2CC(NC(C)=O)C3)cc1. The van der Waals surface area contributed by atoms with Crippen molar-refractivity contribution in [1.29, 1.82) is 0 Å². The number of piperidine rings is 2. The number of esters is 1. The number of carbonyl (C=O) groups excluding carboxylic acids is 3. The van der Waals surface area contributed by atoms with Gasteiger partial charge in [0.05, 0.1) is 12.2 Å². The van der Waals surface area contributed by atoms with Crippen LogP contribution in [0.5, 0.6) is 0 Å². The predicted molar refractivity (Wildman–Crippen MR) is 102 cm³/mol. The Morgan fingerprint density at radius 1 is 1.11 bits per heavy atom.